The fourth-order valence-electron chi connectivity index (χ4n) is 1.73. The van der Waals surface area contributed by atoms with Crippen LogP contribution in [0, 0.1) is 0 Å². The van der Waals surface area contributed by atoms with Gasteiger partial charge in [-0.3, -0.25) is 0 Å². The molecule has 0 amide bonds. The van der Waals surface area contributed by atoms with E-state index in [0.717, 1.165) is 11.4 Å². The Labute approximate surface area is 114 Å². The van der Waals surface area contributed by atoms with Gasteiger partial charge in [0.15, 0.2) is 0 Å². The summed E-state index contributed by atoms with van der Waals surface area (Å²) in [6.07, 6.45) is 3.10. The predicted molar refractivity (Wildman–Crippen MR) is 71.3 cm³/mol. The van der Waals surface area contributed by atoms with Gasteiger partial charge < -0.3 is 4.74 Å². The van der Waals surface area contributed by atoms with E-state index in [4.69, 9.17) is 16.3 Å². The van der Waals surface area contributed by atoms with Crippen molar-refractivity contribution in [1.29, 1.82) is 0 Å². The van der Waals surface area contributed by atoms with Gasteiger partial charge in [0, 0.05) is 11.2 Å². The second-order valence-electron chi connectivity index (χ2n) is 4.07. The molecule has 1 aromatic carbocycles. The van der Waals surface area contributed by atoms with Gasteiger partial charge in [-0.05, 0) is 37.3 Å². The zero-order valence-corrected chi connectivity index (χ0v) is 10.9. The molecule has 2 heterocycles. The maximum Gasteiger partial charge on any atom is 0.252 e. The van der Waals surface area contributed by atoms with Gasteiger partial charge in [0.2, 0.25) is 0 Å². The largest absolute Gasteiger partial charge is 0.484 e. The monoisotopic (exact) mass is 274 g/mol. The van der Waals surface area contributed by atoms with Crippen LogP contribution in [0.4, 0.5) is 0 Å². The van der Waals surface area contributed by atoms with E-state index in [1.165, 1.54) is 6.33 Å². The number of ether oxygens (including phenoxy) is 1. The number of halogens is 1. The molecule has 0 aliphatic carbocycles. The first-order valence-corrected chi connectivity index (χ1v) is 6.19. The summed E-state index contributed by atoms with van der Waals surface area (Å²) < 4.78 is 7.41. The van der Waals surface area contributed by atoms with Crippen molar-refractivity contribution < 1.29 is 4.74 Å². The van der Waals surface area contributed by atoms with E-state index in [1.54, 1.807) is 16.6 Å². The van der Waals surface area contributed by atoms with Crippen molar-refractivity contribution in [3.63, 3.8) is 0 Å². The van der Waals surface area contributed by atoms with E-state index >= 15 is 0 Å². The Hall–Kier alpha value is -2.14. The molecule has 19 heavy (non-hydrogen) atoms. The molecule has 0 N–H and O–H groups in total. The highest BCUT2D eigenvalue weighted by Crippen LogP contribution is 2.22. The van der Waals surface area contributed by atoms with Crippen LogP contribution >= 0.6 is 11.6 Å². The lowest BCUT2D eigenvalue weighted by atomic mass is 10.2. The van der Waals surface area contributed by atoms with Crippen LogP contribution < -0.4 is 4.74 Å². The summed E-state index contributed by atoms with van der Waals surface area (Å²) >= 11 is 5.83. The standard InChI is InChI=1S/C13H11ClN4O/c1-9(19-11-4-2-10(14)3-5-11)12-6-7-18-13(17-12)15-8-16-18/h2-9H,1H3. The summed E-state index contributed by atoms with van der Waals surface area (Å²) in [6, 6.07) is 9.10. The molecule has 0 radical (unpaired) electrons. The molecular formula is C13H11ClN4O. The summed E-state index contributed by atoms with van der Waals surface area (Å²) in [7, 11) is 0. The predicted octanol–water partition coefficient (Wildman–Crippen LogP) is 2.92. The maximum absolute atomic E-state index is 5.83. The fourth-order valence-corrected chi connectivity index (χ4v) is 1.86. The second kappa shape index (κ2) is 4.85. The van der Waals surface area contributed by atoms with Crippen LogP contribution in [-0.2, 0) is 0 Å². The third-order valence-electron chi connectivity index (χ3n) is 2.71. The van der Waals surface area contributed by atoms with Gasteiger partial charge in [0.25, 0.3) is 5.78 Å². The topological polar surface area (TPSA) is 52.3 Å². The molecule has 1 unspecified atom stereocenters. The molecule has 96 valence electrons. The van der Waals surface area contributed by atoms with E-state index in [-0.39, 0.29) is 6.10 Å². The summed E-state index contributed by atoms with van der Waals surface area (Å²) in [5.41, 5.74) is 0.801. The summed E-state index contributed by atoms with van der Waals surface area (Å²) in [4.78, 5) is 8.44. The van der Waals surface area contributed by atoms with Crippen LogP contribution in [0.15, 0.2) is 42.9 Å². The molecular weight excluding hydrogens is 264 g/mol. The van der Waals surface area contributed by atoms with E-state index in [1.807, 2.05) is 31.3 Å². The minimum absolute atomic E-state index is 0.178. The Kier molecular flexibility index (Phi) is 3.05. The van der Waals surface area contributed by atoms with Crippen molar-refractivity contribution in [2.24, 2.45) is 0 Å². The lowest BCUT2D eigenvalue weighted by molar-refractivity contribution is 0.222. The van der Waals surface area contributed by atoms with Gasteiger partial charge in [-0.15, -0.1) is 0 Å². The number of rotatable bonds is 3. The summed E-state index contributed by atoms with van der Waals surface area (Å²) in [6.45, 7) is 1.93. The number of benzene rings is 1. The van der Waals surface area contributed by atoms with Gasteiger partial charge in [0.05, 0.1) is 5.69 Å². The smallest absolute Gasteiger partial charge is 0.252 e. The Morgan fingerprint density at radius 3 is 2.79 bits per heavy atom. The number of hydrogen-bond acceptors (Lipinski definition) is 4. The molecule has 0 bridgehead atoms. The number of aromatic nitrogens is 4. The molecule has 0 aliphatic rings. The Balaban J connectivity index is 1.82. The van der Waals surface area contributed by atoms with Gasteiger partial charge in [-0.25, -0.2) is 9.50 Å². The van der Waals surface area contributed by atoms with Crippen molar-refractivity contribution in [2.45, 2.75) is 13.0 Å². The zero-order chi connectivity index (χ0) is 13.2. The summed E-state index contributed by atoms with van der Waals surface area (Å²) in [5.74, 6) is 1.31. The van der Waals surface area contributed by atoms with Crippen molar-refractivity contribution in [1.82, 2.24) is 19.6 Å². The first kappa shape index (κ1) is 11.9. The van der Waals surface area contributed by atoms with E-state index in [2.05, 4.69) is 15.1 Å². The quantitative estimate of drug-likeness (QED) is 0.737. The van der Waals surface area contributed by atoms with Gasteiger partial charge in [-0.2, -0.15) is 10.1 Å². The Morgan fingerprint density at radius 1 is 1.21 bits per heavy atom. The first-order valence-electron chi connectivity index (χ1n) is 5.81. The van der Waals surface area contributed by atoms with Gasteiger partial charge in [0.1, 0.15) is 18.2 Å². The highest BCUT2D eigenvalue weighted by molar-refractivity contribution is 6.30. The molecule has 3 aromatic rings. The van der Waals surface area contributed by atoms with Crippen molar-refractivity contribution in [3.05, 3.63) is 53.6 Å². The zero-order valence-electron chi connectivity index (χ0n) is 10.2. The van der Waals surface area contributed by atoms with Gasteiger partial charge >= 0.3 is 0 Å². The van der Waals surface area contributed by atoms with Crippen molar-refractivity contribution in [2.75, 3.05) is 0 Å². The minimum Gasteiger partial charge on any atom is -0.484 e. The molecule has 0 saturated heterocycles. The first-order chi connectivity index (χ1) is 9.22. The van der Waals surface area contributed by atoms with Crippen LogP contribution in [0.2, 0.25) is 5.02 Å². The van der Waals surface area contributed by atoms with Crippen LogP contribution in [0.3, 0.4) is 0 Å². The molecule has 5 nitrogen and oxygen atoms in total. The lowest BCUT2D eigenvalue weighted by Crippen LogP contribution is -2.06. The van der Waals surface area contributed by atoms with Crippen molar-refractivity contribution >= 4 is 17.4 Å². The number of hydrogen-bond donors (Lipinski definition) is 0. The molecule has 6 heteroatoms. The SMILES string of the molecule is CC(Oc1ccc(Cl)cc1)c1ccn2ncnc2n1. The van der Waals surface area contributed by atoms with E-state index < -0.39 is 0 Å². The molecule has 3 rings (SSSR count). The molecule has 1 atom stereocenters. The van der Waals surface area contributed by atoms with Crippen molar-refractivity contribution in [3.8, 4) is 5.75 Å². The number of fused-ring (bicyclic) bond motifs is 1. The average molecular weight is 275 g/mol. The third-order valence-corrected chi connectivity index (χ3v) is 2.96. The van der Waals surface area contributed by atoms with E-state index in [0.29, 0.717) is 10.8 Å². The molecule has 0 spiro atoms. The van der Waals surface area contributed by atoms with Crippen LogP contribution in [0.1, 0.15) is 18.7 Å². The molecule has 0 saturated carbocycles. The highest BCUT2D eigenvalue weighted by atomic mass is 35.5. The lowest BCUT2D eigenvalue weighted by Gasteiger charge is -2.14. The Bertz CT molecular complexity index is 695. The molecule has 0 aliphatic heterocycles. The van der Waals surface area contributed by atoms with Crippen LogP contribution in [0.25, 0.3) is 5.78 Å². The fraction of sp³-hybridized carbons (Fsp3) is 0.154. The van der Waals surface area contributed by atoms with E-state index in [9.17, 15) is 0 Å². The molecule has 0 fully saturated rings. The van der Waals surface area contributed by atoms with Crippen LogP contribution in [0.5, 0.6) is 5.75 Å². The Morgan fingerprint density at radius 2 is 2.00 bits per heavy atom. The molecule has 2 aromatic heterocycles. The summed E-state index contributed by atoms with van der Waals surface area (Å²) in [5, 5.41) is 4.68. The van der Waals surface area contributed by atoms with Gasteiger partial charge in [-0.1, -0.05) is 11.6 Å². The second-order valence-corrected chi connectivity index (χ2v) is 4.51. The highest BCUT2D eigenvalue weighted by Gasteiger charge is 2.10. The third kappa shape index (κ3) is 2.51. The minimum atomic E-state index is -0.178. The van der Waals surface area contributed by atoms with Crippen LogP contribution in [-0.4, -0.2) is 19.6 Å². The number of nitrogens with zero attached hydrogens (tertiary/aromatic N) is 4. The normalized spacial score (nSPS) is 12.5. The maximum atomic E-state index is 5.83. The average Bonchev–Trinajstić information content (AvgIpc) is 2.88.